The topological polar surface area (TPSA) is 94.2 Å². The molecule has 1 amide bonds. The molecule has 2 aromatic carbocycles. The molecule has 30 heavy (non-hydrogen) atoms. The molecule has 1 aliphatic rings. The van der Waals surface area contributed by atoms with Crippen molar-refractivity contribution in [2.24, 2.45) is 0 Å². The van der Waals surface area contributed by atoms with Crippen molar-refractivity contribution in [2.75, 3.05) is 45.3 Å². The minimum absolute atomic E-state index is 0.0585. The molecule has 162 valence electrons. The summed E-state index contributed by atoms with van der Waals surface area (Å²) in [6.45, 7) is 2.83. The van der Waals surface area contributed by atoms with E-state index in [-0.39, 0.29) is 30.3 Å². The number of benzene rings is 2. The van der Waals surface area contributed by atoms with Crippen molar-refractivity contribution in [1.82, 2.24) is 4.31 Å². The molecule has 10 heteroatoms. The smallest absolute Gasteiger partial charge is 0.262 e. The van der Waals surface area contributed by atoms with Crippen LogP contribution in [0, 0.1) is 6.92 Å². The Kier molecular flexibility index (Phi) is 7.19. The fourth-order valence-electron chi connectivity index (χ4n) is 2.93. The Morgan fingerprint density at radius 1 is 1.17 bits per heavy atom. The van der Waals surface area contributed by atoms with Crippen LogP contribution < -0.4 is 14.8 Å². The van der Waals surface area contributed by atoms with E-state index in [0.29, 0.717) is 29.7 Å². The largest absolute Gasteiger partial charge is 0.495 e. The standard InChI is InChI=1S/C20H23ClN2O6S/c1-14-3-5-16(21)19(11-14)29-13-20(24)22-17-12-15(4-6-18(17)27-2)30(25,26)23-7-9-28-10-8-23/h3-6,11-12H,7-10,13H2,1-2H3,(H,22,24). The average molecular weight is 455 g/mol. The maximum Gasteiger partial charge on any atom is 0.262 e. The number of morpholine rings is 1. The number of hydrogen-bond acceptors (Lipinski definition) is 6. The highest BCUT2D eigenvalue weighted by molar-refractivity contribution is 7.89. The van der Waals surface area contributed by atoms with Crippen molar-refractivity contribution in [3.05, 3.63) is 47.0 Å². The Labute approximate surface area is 180 Å². The second-order valence-corrected chi connectivity index (χ2v) is 8.99. The lowest BCUT2D eigenvalue weighted by Crippen LogP contribution is -2.40. The highest BCUT2D eigenvalue weighted by atomic mass is 35.5. The van der Waals surface area contributed by atoms with Crippen LogP contribution in [0.1, 0.15) is 5.56 Å². The van der Waals surface area contributed by atoms with Gasteiger partial charge in [-0.25, -0.2) is 8.42 Å². The molecule has 1 aliphatic heterocycles. The molecule has 0 saturated carbocycles. The van der Waals surface area contributed by atoms with Crippen molar-refractivity contribution in [3.8, 4) is 11.5 Å². The Morgan fingerprint density at radius 3 is 2.60 bits per heavy atom. The molecule has 1 N–H and O–H groups in total. The number of aryl methyl sites for hydroxylation is 1. The molecule has 0 aromatic heterocycles. The monoisotopic (exact) mass is 454 g/mol. The Balaban J connectivity index is 1.75. The van der Waals surface area contributed by atoms with Crippen LogP contribution >= 0.6 is 11.6 Å². The molecule has 0 bridgehead atoms. The highest BCUT2D eigenvalue weighted by Gasteiger charge is 2.27. The van der Waals surface area contributed by atoms with E-state index in [0.717, 1.165) is 5.56 Å². The van der Waals surface area contributed by atoms with Gasteiger partial charge in [0, 0.05) is 13.1 Å². The third-order valence-corrected chi connectivity index (χ3v) is 6.71. The number of carbonyl (C=O) groups is 1. The number of hydrogen-bond donors (Lipinski definition) is 1. The van der Waals surface area contributed by atoms with Crippen LogP contribution in [0.2, 0.25) is 5.02 Å². The number of nitrogens with zero attached hydrogens (tertiary/aromatic N) is 1. The molecule has 8 nitrogen and oxygen atoms in total. The van der Waals surface area contributed by atoms with Crippen molar-refractivity contribution in [2.45, 2.75) is 11.8 Å². The van der Waals surface area contributed by atoms with Crippen molar-refractivity contribution in [3.63, 3.8) is 0 Å². The van der Waals surface area contributed by atoms with Gasteiger partial charge in [0.1, 0.15) is 11.5 Å². The van der Waals surface area contributed by atoms with Gasteiger partial charge in [0.05, 0.1) is 35.9 Å². The number of anilines is 1. The van der Waals surface area contributed by atoms with Gasteiger partial charge >= 0.3 is 0 Å². The van der Waals surface area contributed by atoms with E-state index < -0.39 is 15.9 Å². The molecule has 1 fully saturated rings. The van der Waals surface area contributed by atoms with Crippen LogP contribution in [0.15, 0.2) is 41.3 Å². The number of amides is 1. The van der Waals surface area contributed by atoms with Gasteiger partial charge in [-0.1, -0.05) is 17.7 Å². The molecule has 0 atom stereocenters. The summed E-state index contributed by atoms with van der Waals surface area (Å²) in [5.74, 6) is 0.243. The summed E-state index contributed by atoms with van der Waals surface area (Å²) in [4.78, 5) is 12.5. The SMILES string of the molecule is COc1ccc(S(=O)(=O)N2CCOCC2)cc1NC(=O)COc1cc(C)ccc1Cl. The van der Waals surface area contributed by atoms with Crippen LogP contribution in [0.25, 0.3) is 0 Å². The van der Waals surface area contributed by atoms with Crippen LogP contribution in [0.5, 0.6) is 11.5 Å². The van der Waals surface area contributed by atoms with Crippen LogP contribution in [0.3, 0.4) is 0 Å². The molecular formula is C20H23ClN2O6S. The summed E-state index contributed by atoms with van der Waals surface area (Å²) in [6.07, 6.45) is 0. The fraction of sp³-hybridized carbons (Fsp3) is 0.350. The first-order valence-electron chi connectivity index (χ1n) is 9.26. The zero-order valence-electron chi connectivity index (χ0n) is 16.7. The molecule has 2 aromatic rings. The Bertz CT molecular complexity index is 1020. The van der Waals surface area contributed by atoms with Crippen molar-refractivity contribution >= 4 is 33.2 Å². The lowest BCUT2D eigenvalue weighted by atomic mass is 10.2. The van der Waals surface area contributed by atoms with E-state index in [1.54, 1.807) is 12.1 Å². The third kappa shape index (κ3) is 5.23. The Hall–Kier alpha value is -2.33. The van der Waals surface area contributed by atoms with Gasteiger partial charge < -0.3 is 19.5 Å². The van der Waals surface area contributed by atoms with Crippen LogP contribution in [-0.4, -0.2) is 58.7 Å². The zero-order valence-corrected chi connectivity index (χ0v) is 18.3. The van der Waals surface area contributed by atoms with E-state index in [4.69, 9.17) is 25.8 Å². The summed E-state index contributed by atoms with van der Waals surface area (Å²) in [5, 5.41) is 3.03. The summed E-state index contributed by atoms with van der Waals surface area (Å²) in [7, 11) is -2.28. The van der Waals surface area contributed by atoms with Gasteiger partial charge in [-0.05, 0) is 42.8 Å². The number of rotatable bonds is 7. The van der Waals surface area contributed by atoms with Gasteiger partial charge in [0.25, 0.3) is 5.91 Å². The molecule has 3 rings (SSSR count). The molecule has 0 spiro atoms. The number of halogens is 1. The van der Waals surface area contributed by atoms with Gasteiger partial charge in [-0.2, -0.15) is 4.31 Å². The first-order valence-corrected chi connectivity index (χ1v) is 11.1. The minimum atomic E-state index is -3.71. The number of methoxy groups -OCH3 is 1. The van der Waals surface area contributed by atoms with Crippen molar-refractivity contribution < 1.29 is 27.4 Å². The first kappa shape index (κ1) is 22.4. The van der Waals surface area contributed by atoms with Crippen molar-refractivity contribution in [1.29, 1.82) is 0 Å². The second kappa shape index (κ2) is 9.65. The molecule has 1 heterocycles. The maximum atomic E-state index is 12.9. The predicted molar refractivity (Wildman–Crippen MR) is 113 cm³/mol. The summed E-state index contributed by atoms with van der Waals surface area (Å²) in [6, 6.07) is 9.57. The van der Waals surface area contributed by atoms with E-state index in [9.17, 15) is 13.2 Å². The molecule has 0 unspecified atom stereocenters. The predicted octanol–water partition coefficient (Wildman–Crippen LogP) is 2.70. The van der Waals surface area contributed by atoms with Gasteiger partial charge in [0.15, 0.2) is 6.61 Å². The summed E-state index contributed by atoms with van der Waals surface area (Å²) in [5.41, 5.74) is 1.17. The quantitative estimate of drug-likeness (QED) is 0.691. The van der Waals surface area contributed by atoms with E-state index in [1.807, 2.05) is 13.0 Å². The number of ether oxygens (including phenoxy) is 3. The lowest BCUT2D eigenvalue weighted by Gasteiger charge is -2.26. The third-order valence-electron chi connectivity index (χ3n) is 4.50. The van der Waals surface area contributed by atoms with E-state index in [1.165, 1.54) is 29.6 Å². The average Bonchev–Trinajstić information content (AvgIpc) is 2.75. The summed E-state index contributed by atoms with van der Waals surface area (Å²) >= 11 is 6.08. The van der Waals surface area contributed by atoms with E-state index >= 15 is 0 Å². The first-order chi connectivity index (χ1) is 14.3. The minimum Gasteiger partial charge on any atom is -0.495 e. The molecular weight excluding hydrogens is 432 g/mol. The zero-order chi connectivity index (χ0) is 21.7. The second-order valence-electron chi connectivity index (χ2n) is 6.65. The molecule has 1 saturated heterocycles. The molecule has 0 aliphatic carbocycles. The van der Waals surface area contributed by atoms with Crippen LogP contribution in [-0.2, 0) is 19.6 Å². The van der Waals surface area contributed by atoms with Gasteiger partial charge in [-0.15, -0.1) is 0 Å². The fourth-order valence-corrected chi connectivity index (χ4v) is 4.54. The number of sulfonamides is 1. The lowest BCUT2D eigenvalue weighted by molar-refractivity contribution is -0.118. The normalized spacial score (nSPS) is 14.9. The maximum absolute atomic E-state index is 12.9. The Morgan fingerprint density at radius 2 is 1.90 bits per heavy atom. The van der Waals surface area contributed by atoms with Crippen LogP contribution in [0.4, 0.5) is 5.69 Å². The molecule has 0 radical (unpaired) electrons. The van der Waals surface area contributed by atoms with Gasteiger partial charge in [-0.3, -0.25) is 4.79 Å². The number of nitrogens with one attached hydrogen (secondary N) is 1. The summed E-state index contributed by atoms with van der Waals surface area (Å²) < 4.78 is 43.1. The van der Waals surface area contributed by atoms with E-state index in [2.05, 4.69) is 5.32 Å². The number of carbonyl (C=O) groups excluding carboxylic acids is 1. The highest BCUT2D eigenvalue weighted by Crippen LogP contribution is 2.30. The van der Waals surface area contributed by atoms with Gasteiger partial charge in [0.2, 0.25) is 10.0 Å².